The predicted octanol–water partition coefficient (Wildman–Crippen LogP) is 5.78. The maximum absolute atomic E-state index is 4.97. The van der Waals surface area contributed by atoms with Crippen LogP contribution in [0, 0.1) is 11.8 Å². The van der Waals surface area contributed by atoms with E-state index < -0.39 is 0 Å². The molecule has 0 aromatic rings. The summed E-state index contributed by atoms with van der Waals surface area (Å²) >= 11 is 0. The normalized spacial score (nSPS) is 21.2. The second-order valence-corrected chi connectivity index (χ2v) is 6.75. The highest BCUT2D eigenvalue weighted by atomic mass is 14.7. The zero-order valence-corrected chi connectivity index (χ0v) is 13.0. The molecule has 2 aliphatic carbocycles. The van der Waals surface area contributed by atoms with Gasteiger partial charge in [0, 0.05) is 12.3 Å². The summed E-state index contributed by atoms with van der Waals surface area (Å²) in [6.07, 6.45) is 18.4. The van der Waals surface area contributed by atoms with Crippen LogP contribution in [0.5, 0.6) is 0 Å². The maximum Gasteiger partial charge on any atom is 0.0388 e. The van der Waals surface area contributed by atoms with Gasteiger partial charge in [-0.25, -0.2) is 0 Å². The Morgan fingerprint density at radius 3 is 2.32 bits per heavy atom. The Kier molecular flexibility index (Phi) is 6.95. The van der Waals surface area contributed by atoms with E-state index in [0.717, 1.165) is 18.4 Å². The second-order valence-electron chi connectivity index (χ2n) is 6.75. The highest BCUT2D eigenvalue weighted by Crippen LogP contribution is 2.31. The standard InChI is InChI=1S/C18H33N/c1-2-3-4-14-18(17-12-8-13-17)19-15-6-5-9-16-10-7-11-16/h16-17H,2-15H2,1H3. The van der Waals surface area contributed by atoms with Crippen LogP contribution in [0.1, 0.15) is 90.4 Å². The lowest BCUT2D eigenvalue weighted by molar-refractivity contribution is 0.288. The number of hydrogen-bond acceptors (Lipinski definition) is 1. The predicted molar refractivity (Wildman–Crippen MR) is 85.0 cm³/mol. The van der Waals surface area contributed by atoms with Crippen LogP contribution < -0.4 is 0 Å². The van der Waals surface area contributed by atoms with Crippen LogP contribution in [0.4, 0.5) is 0 Å². The fraction of sp³-hybridized carbons (Fsp3) is 0.944. The van der Waals surface area contributed by atoms with Gasteiger partial charge in [-0.2, -0.15) is 0 Å². The summed E-state index contributed by atoms with van der Waals surface area (Å²) in [5.41, 5.74) is 1.59. The lowest BCUT2D eigenvalue weighted by atomic mass is 9.80. The molecule has 1 heteroatoms. The first kappa shape index (κ1) is 15.1. The molecule has 0 spiro atoms. The summed E-state index contributed by atoms with van der Waals surface area (Å²) in [7, 11) is 0. The van der Waals surface area contributed by atoms with Gasteiger partial charge in [-0.05, 0) is 43.9 Å². The van der Waals surface area contributed by atoms with E-state index in [1.807, 2.05) is 0 Å². The smallest absolute Gasteiger partial charge is 0.0388 e. The average Bonchev–Trinajstić information content (AvgIpc) is 2.28. The molecule has 2 fully saturated rings. The first-order valence-corrected chi connectivity index (χ1v) is 8.93. The fourth-order valence-corrected chi connectivity index (χ4v) is 3.26. The molecule has 0 unspecified atom stereocenters. The van der Waals surface area contributed by atoms with Gasteiger partial charge in [-0.15, -0.1) is 0 Å². The van der Waals surface area contributed by atoms with Crippen molar-refractivity contribution in [2.75, 3.05) is 6.54 Å². The molecule has 0 aliphatic heterocycles. The third-order valence-corrected chi connectivity index (χ3v) is 5.17. The van der Waals surface area contributed by atoms with Crippen LogP contribution in [0.25, 0.3) is 0 Å². The van der Waals surface area contributed by atoms with Crippen molar-refractivity contribution in [2.24, 2.45) is 16.8 Å². The van der Waals surface area contributed by atoms with Gasteiger partial charge < -0.3 is 0 Å². The number of nitrogens with zero attached hydrogens (tertiary/aromatic N) is 1. The van der Waals surface area contributed by atoms with Gasteiger partial charge in [-0.3, -0.25) is 4.99 Å². The van der Waals surface area contributed by atoms with Crippen molar-refractivity contribution in [2.45, 2.75) is 90.4 Å². The fourth-order valence-electron chi connectivity index (χ4n) is 3.26. The third-order valence-electron chi connectivity index (χ3n) is 5.17. The Morgan fingerprint density at radius 2 is 1.74 bits per heavy atom. The zero-order valence-electron chi connectivity index (χ0n) is 13.0. The largest absolute Gasteiger partial charge is 0.294 e. The molecule has 0 bridgehead atoms. The van der Waals surface area contributed by atoms with E-state index in [0.29, 0.717) is 0 Å². The summed E-state index contributed by atoms with van der Waals surface area (Å²) < 4.78 is 0. The van der Waals surface area contributed by atoms with Crippen molar-refractivity contribution in [3.8, 4) is 0 Å². The Balaban J connectivity index is 1.59. The van der Waals surface area contributed by atoms with Crippen molar-refractivity contribution in [1.82, 2.24) is 0 Å². The summed E-state index contributed by atoms with van der Waals surface area (Å²) in [5, 5.41) is 0. The van der Waals surface area contributed by atoms with E-state index in [1.165, 1.54) is 83.5 Å². The molecule has 0 atom stereocenters. The van der Waals surface area contributed by atoms with E-state index in [2.05, 4.69) is 6.92 Å². The molecule has 0 radical (unpaired) electrons. The Hall–Kier alpha value is -0.330. The molecule has 2 saturated carbocycles. The molecule has 0 saturated heterocycles. The molecule has 19 heavy (non-hydrogen) atoms. The summed E-state index contributed by atoms with van der Waals surface area (Å²) in [5.74, 6) is 1.96. The Bertz CT molecular complexity index is 261. The highest BCUT2D eigenvalue weighted by molar-refractivity contribution is 5.87. The molecule has 1 nitrogen and oxygen atoms in total. The maximum atomic E-state index is 4.97. The summed E-state index contributed by atoms with van der Waals surface area (Å²) in [6, 6.07) is 0. The molecule has 0 N–H and O–H groups in total. The van der Waals surface area contributed by atoms with Crippen molar-refractivity contribution in [1.29, 1.82) is 0 Å². The van der Waals surface area contributed by atoms with Crippen LogP contribution in [0.2, 0.25) is 0 Å². The SMILES string of the molecule is CCCCCC(=NCCCCC1CCC1)C1CCC1. The molecular weight excluding hydrogens is 230 g/mol. The first-order valence-electron chi connectivity index (χ1n) is 8.93. The quantitative estimate of drug-likeness (QED) is 0.350. The molecule has 0 heterocycles. The monoisotopic (exact) mass is 263 g/mol. The molecule has 0 aromatic carbocycles. The van der Waals surface area contributed by atoms with Crippen LogP contribution in [-0.2, 0) is 0 Å². The summed E-state index contributed by atoms with van der Waals surface area (Å²) in [4.78, 5) is 4.97. The van der Waals surface area contributed by atoms with E-state index in [-0.39, 0.29) is 0 Å². The Morgan fingerprint density at radius 1 is 0.947 bits per heavy atom. The van der Waals surface area contributed by atoms with Crippen LogP contribution in [0.3, 0.4) is 0 Å². The lowest BCUT2D eigenvalue weighted by Gasteiger charge is -2.27. The van der Waals surface area contributed by atoms with Crippen LogP contribution in [-0.4, -0.2) is 12.3 Å². The van der Waals surface area contributed by atoms with E-state index >= 15 is 0 Å². The minimum Gasteiger partial charge on any atom is -0.294 e. The molecule has 0 aromatic heterocycles. The summed E-state index contributed by atoms with van der Waals surface area (Å²) in [6.45, 7) is 3.41. The molecule has 0 amide bonds. The van der Waals surface area contributed by atoms with Crippen molar-refractivity contribution in [3.63, 3.8) is 0 Å². The zero-order chi connectivity index (χ0) is 13.3. The number of rotatable bonds is 10. The van der Waals surface area contributed by atoms with Gasteiger partial charge in [0.15, 0.2) is 0 Å². The first-order chi connectivity index (χ1) is 9.40. The van der Waals surface area contributed by atoms with Crippen molar-refractivity contribution in [3.05, 3.63) is 0 Å². The van der Waals surface area contributed by atoms with Crippen LogP contribution >= 0.6 is 0 Å². The van der Waals surface area contributed by atoms with E-state index in [1.54, 1.807) is 5.71 Å². The van der Waals surface area contributed by atoms with Crippen molar-refractivity contribution >= 4 is 5.71 Å². The number of aliphatic imine (C=N–C) groups is 1. The van der Waals surface area contributed by atoms with Gasteiger partial charge in [0.1, 0.15) is 0 Å². The third kappa shape index (κ3) is 5.28. The lowest BCUT2D eigenvalue weighted by Crippen LogP contribution is -2.22. The van der Waals surface area contributed by atoms with Crippen LogP contribution in [0.15, 0.2) is 4.99 Å². The minimum atomic E-state index is 0.878. The van der Waals surface area contributed by atoms with Gasteiger partial charge in [-0.1, -0.05) is 58.3 Å². The molecular formula is C18H33N. The topological polar surface area (TPSA) is 12.4 Å². The van der Waals surface area contributed by atoms with Crippen molar-refractivity contribution < 1.29 is 0 Å². The molecule has 2 rings (SSSR count). The minimum absolute atomic E-state index is 0.878. The van der Waals surface area contributed by atoms with Gasteiger partial charge >= 0.3 is 0 Å². The van der Waals surface area contributed by atoms with E-state index in [4.69, 9.17) is 4.99 Å². The molecule has 110 valence electrons. The van der Waals surface area contributed by atoms with Gasteiger partial charge in [0.2, 0.25) is 0 Å². The Labute approximate surface area is 120 Å². The number of unbranched alkanes of at least 4 members (excludes halogenated alkanes) is 3. The second kappa shape index (κ2) is 8.76. The average molecular weight is 263 g/mol. The highest BCUT2D eigenvalue weighted by Gasteiger charge is 2.22. The number of hydrogen-bond donors (Lipinski definition) is 0. The van der Waals surface area contributed by atoms with Gasteiger partial charge in [0.05, 0.1) is 0 Å². The van der Waals surface area contributed by atoms with E-state index in [9.17, 15) is 0 Å². The molecule has 2 aliphatic rings. The van der Waals surface area contributed by atoms with Gasteiger partial charge in [0.25, 0.3) is 0 Å².